The van der Waals surface area contributed by atoms with Crippen LogP contribution >= 0.6 is 0 Å². The minimum atomic E-state index is -0.670. The van der Waals surface area contributed by atoms with E-state index in [0.717, 1.165) is 17.2 Å². The summed E-state index contributed by atoms with van der Waals surface area (Å²) in [6.45, 7) is 3.69. The first-order valence-electron chi connectivity index (χ1n) is 4.56. The summed E-state index contributed by atoms with van der Waals surface area (Å²) in [6.07, 6.45) is 2.89. The van der Waals surface area contributed by atoms with E-state index in [9.17, 15) is 5.11 Å². The van der Waals surface area contributed by atoms with Gasteiger partial charge in [0.1, 0.15) is 6.10 Å². The van der Waals surface area contributed by atoms with Crippen molar-refractivity contribution in [3.63, 3.8) is 0 Å². The molecule has 0 radical (unpaired) electrons. The zero-order chi connectivity index (χ0) is 10.3. The van der Waals surface area contributed by atoms with Crippen molar-refractivity contribution >= 4 is 5.78 Å². The van der Waals surface area contributed by atoms with Crippen molar-refractivity contribution in [3.8, 4) is 0 Å². The molecule has 2 heterocycles. The molecule has 0 saturated carbocycles. The van der Waals surface area contributed by atoms with Crippen LogP contribution < -0.4 is 5.73 Å². The van der Waals surface area contributed by atoms with E-state index in [1.54, 1.807) is 13.1 Å². The number of aromatic amines is 1. The molecule has 0 amide bonds. The van der Waals surface area contributed by atoms with E-state index in [1.807, 2.05) is 17.5 Å². The van der Waals surface area contributed by atoms with Crippen molar-refractivity contribution in [1.82, 2.24) is 14.4 Å². The second kappa shape index (κ2) is 3.11. The maximum atomic E-state index is 9.80. The van der Waals surface area contributed by atoms with Crippen LogP contribution in [0.25, 0.3) is 5.78 Å². The molecule has 0 saturated heterocycles. The summed E-state index contributed by atoms with van der Waals surface area (Å²) < 4.78 is 1.89. The van der Waals surface area contributed by atoms with Crippen LogP contribution in [0, 0.1) is 6.92 Å². The molecule has 5 heteroatoms. The lowest BCUT2D eigenvalue weighted by Crippen LogP contribution is -2.25. The molecule has 76 valence electrons. The molecule has 0 aromatic carbocycles. The Kier molecular flexibility index (Phi) is 2.05. The Morgan fingerprint density at radius 1 is 1.64 bits per heavy atom. The molecule has 14 heavy (non-hydrogen) atoms. The maximum absolute atomic E-state index is 9.80. The normalized spacial score (nSPS) is 16.0. The minimum absolute atomic E-state index is 0.294. The molecule has 2 aromatic rings. The number of imidazole rings is 2. The van der Waals surface area contributed by atoms with Crippen molar-refractivity contribution in [1.29, 1.82) is 0 Å². The SMILES string of the molecule is Cc1c(C(O)C(C)N)[nH]c2nccn12. The highest BCUT2D eigenvalue weighted by atomic mass is 16.3. The fourth-order valence-corrected chi connectivity index (χ4v) is 1.56. The van der Waals surface area contributed by atoms with Crippen molar-refractivity contribution in [2.75, 3.05) is 0 Å². The molecule has 0 spiro atoms. The number of aromatic nitrogens is 3. The first kappa shape index (κ1) is 9.23. The molecule has 0 bridgehead atoms. The molecule has 2 rings (SSSR count). The van der Waals surface area contributed by atoms with Gasteiger partial charge in [0.05, 0.1) is 5.69 Å². The Hall–Kier alpha value is -1.33. The molecular formula is C9H14N4O. The largest absolute Gasteiger partial charge is 0.385 e. The van der Waals surface area contributed by atoms with Crippen LogP contribution in [0.15, 0.2) is 12.4 Å². The average Bonchev–Trinajstić information content (AvgIpc) is 2.68. The fourth-order valence-electron chi connectivity index (χ4n) is 1.56. The van der Waals surface area contributed by atoms with E-state index in [0.29, 0.717) is 0 Å². The monoisotopic (exact) mass is 194 g/mol. The highest BCUT2D eigenvalue weighted by molar-refractivity contribution is 5.36. The van der Waals surface area contributed by atoms with Gasteiger partial charge in [0.15, 0.2) is 0 Å². The quantitative estimate of drug-likeness (QED) is 0.645. The summed E-state index contributed by atoms with van der Waals surface area (Å²) in [5, 5.41) is 9.80. The molecule has 0 aliphatic heterocycles. The Morgan fingerprint density at radius 3 is 2.93 bits per heavy atom. The third kappa shape index (κ3) is 1.21. The summed E-state index contributed by atoms with van der Waals surface area (Å²) in [5.41, 5.74) is 7.31. The second-order valence-corrected chi connectivity index (χ2v) is 3.55. The predicted molar refractivity (Wildman–Crippen MR) is 52.9 cm³/mol. The van der Waals surface area contributed by atoms with Gasteiger partial charge in [0.25, 0.3) is 0 Å². The van der Waals surface area contributed by atoms with Gasteiger partial charge in [-0.3, -0.25) is 4.40 Å². The van der Waals surface area contributed by atoms with E-state index in [1.165, 1.54) is 0 Å². The summed E-state index contributed by atoms with van der Waals surface area (Å²) in [7, 11) is 0. The van der Waals surface area contributed by atoms with E-state index >= 15 is 0 Å². The zero-order valence-electron chi connectivity index (χ0n) is 8.23. The van der Waals surface area contributed by atoms with Crippen LogP contribution in [-0.2, 0) is 0 Å². The standard InChI is InChI=1S/C9H14N4O/c1-5(10)8(14)7-6(2)13-4-3-11-9(13)12-7/h3-5,8,14H,10H2,1-2H3,(H,11,12). The predicted octanol–water partition coefficient (Wildman–Crippen LogP) is 0.351. The van der Waals surface area contributed by atoms with Crippen molar-refractivity contribution < 1.29 is 5.11 Å². The Bertz CT molecular complexity index is 443. The number of hydrogen-bond acceptors (Lipinski definition) is 3. The first-order valence-corrected chi connectivity index (χ1v) is 4.56. The number of H-pyrrole nitrogens is 1. The van der Waals surface area contributed by atoms with Gasteiger partial charge in [-0.15, -0.1) is 0 Å². The highest BCUT2D eigenvalue weighted by Crippen LogP contribution is 2.19. The summed E-state index contributed by atoms with van der Waals surface area (Å²) in [6, 6.07) is -0.294. The number of nitrogens with two attached hydrogens (primary N) is 1. The van der Waals surface area contributed by atoms with E-state index < -0.39 is 6.10 Å². The van der Waals surface area contributed by atoms with Gasteiger partial charge in [-0.25, -0.2) is 4.98 Å². The Labute approximate surface area is 81.6 Å². The van der Waals surface area contributed by atoms with Gasteiger partial charge < -0.3 is 15.8 Å². The molecule has 4 N–H and O–H groups in total. The second-order valence-electron chi connectivity index (χ2n) is 3.55. The van der Waals surface area contributed by atoms with Gasteiger partial charge >= 0.3 is 0 Å². The van der Waals surface area contributed by atoms with Crippen molar-refractivity contribution in [2.45, 2.75) is 26.0 Å². The van der Waals surface area contributed by atoms with Crippen LogP contribution in [0.4, 0.5) is 0 Å². The van der Waals surface area contributed by atoms with Crippen LogP contribution in [0.3, 0.4) is 0 Å². The molecule has 2 unspecified atom stereocenters. The van der Waals surface area contributed by atoms with Gasteiger partial charge in [-0.05, 0) is 13.8 Å². The van der Waals surface area contributed by atoms with E-state index in [2.05, 4.69) is 9.97 Å². The highest BCUT2D eigenvalue weighted by Gasteiger charge is 2.18. The first-order chi connectivity index (χ1) is 6.61. The Morgan fingerprint density at radius 2 is 2.36 bits per heavy atom. The lowest BCUT2D eigenvalue weighted by Gasteiger charge is -2.13. The maximum Gasteiger partial charge on any atom is 0.211 e. The lowest BCUT2D eigenvalue weighted by molar-refractivity contribution is 0.148. The number of aliphatic hydroxyl groups excluding tert-OH is 1. The van der Waals surface area contributed by atoms with Crippen LogP contribution in [0.2, 0.25) is 0 Å². The number of aryl methyl sites for hydroxylation is 1. The van der Waals surface area contributed by atoms with Crippen LogP contribution in [0.5, 0.6) is 0 Å². The lowest BCUT2D eigenvalue weighted by atomic mass is 10.1. The fraction of sp³-hybridized carbons (Fsp3) is 0.444. The minimum Gasteiger partial charge on any atom is -0.385 e. The zero-order valence-corrected chi connectivity index (χ0v) is 8.23. The molecule has 0 aliphatic carbocycles. The summed E-state index contributed by atoms with van der Waals surface area (Å²) in [5.74, 6) is 0.734. The number of nitrogens with one attached hydrogen (secondary N) is 1. The van der Waals surface area contributed by atoms with Gasteiger partial charge in [0.2, 0.25) is 5.78 Å². The molecule has 0 aliphatic rings. The van der Waals surface area contributed by atoms with Crippen molar-refractivity contribution in [2.24, 2.45) is 5.73 Å². The molecule has 5 nitrogen and oxygen atoms in total. The van der Waals surface area contributed by atoms with Crippen LogP contribution in [-0.4, -0.2) is 25.5 Å². The van der Waals surface area contributed by atoms with E-state index in [4.69, 9.17) is 5.73 Å². The molecule has 2 atom stereocenters. The number of hydrogen-bond donors (Lipinski definition) is 3. The number of rotatable bonds is 2. The Balaban J connectivity index is 2.52. The molecule has 0 fully saturated rings. The molecule has 2 aromatic heterocycles. The van der Waals surface area contributed by atoms with Gasteiger partial charge in [-0.1, -0.05) is 0 Å². The number of fused-ring (bicyclic) bond motifs is 1. The van der Waals surface area contributed by atoms with Gasteiger partial charge in [-0.2, -0.15) is 0 Å². The number of nitrogens with zero attached hydrogens (tertiary/aromatic N) is 2. The third-order valence-corrected chi connectivity index (χ3v) is 2.43. The average molecular weight is 194 g/mol. The smallest absolute Gasteiger partial charge is 0.211 e. The van der Waals surface area contributed by atoms with Gasteiger partial charge in [0, 0.05) is 24.1 Å². The van der Waals surface area contributed by atoms with Crippen molar-refractivity contribution in [3.05, 3.63) is 23.8 Å². The van der Waals surface area contributed by atoms with Crippen LogP contribution in [0.1, 0.15) is 24.4 Å². The number of aliphatic hydroxyl groups is 1. The topological polar surface area (TPSA) is 79.3 Å². The van der Waals surface area contributed by atoms with E-state index in [-0.39, 0.29) is 6.04 Å². The summed E-state index contributed by atoms with van der Waals surface area (Å²) >= 11 is 0. The molecular weight excluding hydrogens is 180 g/mol. The third-order valence-electron chi connectivity index (χ3n) is 2.43. The summed E-state index contributed by atoms with van der Waals surface area (Å²) in [4.78, 5) is 7.14.